The zero-order valence-electron chi connectivity index (χ0n) is 5.96. The molecule has 0 aliphatic heterocycles. The Morgan fingerprint density at radius 2 is 2.33 bits per heavy atom. The molecule has 0 aliphatic rings. The number of rotatable bonds is 3. The van der Waals surface area contributed by atoms with Gasteiger partial charge in [0.2, 0.25) is 0 Å². The van der Waals surface area contributed by atoms with Crippen molar-refractivity contribution >= 4 is 12.9 Å². The van der Waals surface area contributed by atoms with Crippen molar-refractivity contribution in [3.05, 3.63) is 11.6 Å². The Labute approximate surface area is 56.0 Å². The molecular formula is C7H12N2. The normalized spacial score (nSPS) is 12.4. The second-order valence-electron chi connectivity index (χ2n) is 1.77. The molecule has 50 valence electrons. The Kier molecular flexibility index (Phi) is 4.69. The third-order valence-electron chi connectivity index (χ3n) is 1.07. The molecule has 0 spiro atoms. The monoisotopic (exact) mass is 124 g/mol. The topological polar surface area (TPSA) is 24.7 Å². The summed E-state index contributed by atoms with van der Waals surface area (Å²) in [6, 6.07) is 0. The third kappa shape index (κ3) is 4.94. The Morgan fingerprint density at radius 3 is 2.78 bits per heavy atom. The maximum atomic E-state index is 3.57. The quantitative estimate of drug-likeness (QED) is 0.406. The van der Waals surface area contributed by atoms with Gasteiger partial charge < -0.3 is 0 Å². The van der Waals surface area contributed by atoms with Crippen LogP contribution >= 0.6 is 0 Å². The second kappa shape index (κ2) is 5.22. The minimum absolute atomic E-state index is 1.06. The lowest BCUT2D eigenvalue weighted by atomic mass is 10.2. The van der Waals surface area contributed by atoms with Gasteiger partial charge in [0.15, 0.2) is 0 Å². The summed E-state index contributed by atoms with van der Waals surface area (Å²) in [5, 5.41) is 6.89. The number of nitrogens with zero attached hydrogens (tertiary/aromatic N) is 2. The minimum Gasteiger partial charge on any atom is -0.167 e. The van der Waals surface area contributed by atoms with Crippen molar-refractivity contribution in [2.75, 3.05) is 0 Å². The molecule has 0 rings (SSSR count). The van der Waals surface area contributed by atoms with E-state index in [-0.39, 0.29) is 0 Å². The highest BCUT2D eigenvalue weighted by Gasteiger charge is 1.76. The highest BCUT2D eigenvalue weighted by molar-refractivity contribution is 5.71. The molecule has 0 aromatic carbocycles. The smallest absolute Gasteiger partial charge is 0.0494 e. The zero-order chi connectivity index (χ0) is 7.11. The van der Waals surface area contributed by atoms with E-state index in [9.17, 15) is 0 Å². The fraction of sp³-hybridized carbons (Fsp3) is 0.429. The maximum absolute atomic E-state index is 3.57. The highest BCUT2D eigenvalue weighted by atomic mass is 15.2. The molecule has 0 atom stereocenters. The molecule has 2 nitrogen and oxygen atoms in total. The molecule has 0 aromatic rings. The van der Waals surface area contributed by atoms with Crippen LogP contribution in [-0.4, -0.2) is 12.9 Å². The van der Waals surface area contributed by atoms with Gasteiger partial charge in [-0.05, 0) is 19.4 Å². The fourth-order valence-corrected chi connectivity index (χ4v) is 0.326. The molecule has 0 bridgehead atoms. The summed E-state index contributed by atoms with van der Waals surface area (Å²) in [5.74, 6) is 0. The van der Waals surface area contributed by atoms with E-state index in [1.807, 2.05) is 6.08 Å². The molecule has 9 heavy (non-hydrogen) atoms. The summed E-state index contributed by atoms with van der Waals surface area (Å²) in [6.07, 6.45) is 4.63. The molecular weight excluding hydrogens is 112 g/mol. The fourth-order valence-electron chi connectivity index (χ4n) is 0.326. The standard InChI is InChI=1S/C7H12N2/c1-4-7(2)5-6-9-8-3/h5-6H,3-4H2,1-2H3/b7-5+,9-6-. The average molecular weight is 124 g/mol. The van der Waals surface area contributed by atoms with Crippen LogP contribution in [0, 0.1) is 0 Å². The molecule has 0 amide bonds. The van der Waals surface area contributed by atoms with E-state index in [0.29, 0.717) is 0 Å². The van der Waals surface area contributed by atoms with Crippen LogP contribution < -0.4 is 0 Å². The lowest BCUT2D eigenvalue weighted by Crippen LogP contribution is -1.71. The third-order valence-corrected chi connectivity index (χ3v) is 1.07. The van der Waals surface area contributed by atoms with Crippen LogP contribution in [0.2, 0.25) is 0 Å². The maximum Gasteiger partial charge on any atom is 0.0494 e. The molecule has 0 heterocycles. The Hall–Kier alpha value is -0.920. The van der Waals surface area contributed by atoms with Gasteiger partial charge in [-0.3, -0.25) is 0 Å². The molecule has 0 aliphatic carbocycles. The number of hydrogen-bond acceptors (Lipinski definition) is 2. The highest BCUT2D eigenvalue weighted by Crippen LogP contribution is 1.94. The van der Waals surface area contributed by atoms with E-state index < -0.39 is 0 Å². The van der Waals surface area contributed by atoms with Crippen LogP contribution in [0.4, 0.5) is 0 Å². The van der Waals surface area contributed by atoms with Crippen LogP contribution in [-0.2, 0) is 0 Å². The van der Waals surface area contributed by atoms with E-state index in [1.54, 1.807) is 6.21 Å². The molecule has 0 N–H and O–H groups in total. The summed E-state index contributed by atoms with van der Waals surface area (Å²) in [4.78, 5) is 0. The molecule has 0 unspecified atom stereocenters. The molecule has 0 radical (unpaired) electrons. The van der Waals surface area contributed by atoms with Crippen LogP contribution in [0.15, 0.2) is 21.9 Å². The van der Waals surface area contributed by atoms with Gasteiger partial charge in [0.25, 0.3) is 0 Å². The van der Waals surface area contributed by atoms with E-state index in [1.165, 1.54) is 5.57 Å². The van der Waals surface area contributed by atoms with Crippen LogP contribution in [0.1, 0.15) is 20.3 Å². The molecule has 2 heteroatoms. The summed E-state index contributed by atoms with van der Waals surface area (Å²) >= 11 is 0. The summed E-state index contributed by atoms with van der Waals surface area (Å²) < 4.78 is 0. The van der Waals surface area contributed by atoms with Gasteiger partial charge in [-0.15, -0.1) is 0 Å². The van der Waals surface area contributed by atoms with Gasteiger partial charge in [0.05, 0.1) is 0 Å². The lowest BCUT2D eigenvalue weighted by Gasteiger charge is -1.86. The largest absolute Gasteiger partial charge is 0.167 e. The average Bonchev–Trinajstić information content (AvgIpc) is 1.89. The van der Waals surface area contributed by atoms with Crippen molar-refractivity contribution in [1.82, 2.24) is 0 Å². The number of allylic oxidation sites excluding steroid dienone is 2. The minimum atomic E-state index is 1.06. The Balaban J connectivity index is 3.67. The van der Waals surface area contributed by atoms with Gasteiger partial charge in [-0.1, -0.05) is 12.5 Å². The van der Waals surface area contributed by atoms with Crippen molar-refractivity contribution in [1.29, 1.82) is 0 Å². The first-order valence-electron chi connectivity index (χ1n) is 2.96. The summed E-state index contributed by atoms with van der Waals surface area (Å²) in [6.45, 7) is 7.36. The van der Waals surface area contributed by atoms with Crippen molar-refractivity contribution in [3.63, 3.8) is 0 Å². The van der Waals surface area contributed by atoms with E-state index in [4.69, 9.17) is 0 Å². The summed E-state index contributed by atoms with van der Waals surface area (Å²) in [7, 11) is 0. The van der Waals surface area contributed by atoms with Gasteiger partial charge in [0.1, 0.15) is 0 Å². The van der Waals surface area contributed by atoms with E-state index in [0.717, 1.165) is 6.42 Å². The lowest BCUT2D eigenvalue weighted by molar-refractivity contribution is 1.10. The first-order valence-corrected chi connectivity index (χ1v) is 2.96. The SMILES string of the molecule is C=N/N=C\C=C(/C)CC. The van der Waals surface area contributed by atoms with Crippen molar-refractivity contribution in [3.8, 4) is 0 Å². The molecule has 0 saturated heterocycles. The van der Waals surface area contributed by atoms with Crippen LogP contribution in [0.5, 0.6) is 0 Å². The summed E-state index contributed by atoms with van der Waals surface area (Å²) in [5.41, 5.74) is 1.29. The number of hydrogen-bond donors (Lipinski definition) is 0. The molecule has 0 saturated carbocycles. The first-order chi connectivity index (χ1) is 4.31. The van der Waals surface area contributed by atoms with E-state index in [2.05, 4.69) is 30.8 Å². The van der Waals surface area contributed by atoms with Gasteiger partial charge in [0, 0.05) is 12.9 Å². The van der Waals surface area contributed by atoms with E-state index >= 15 is 0 Å². The van der Waals surface area contributed by atoms with Gasteiger partial charge >= 0.3 is 0 Å². The van der Waals surface area contributed by atoms with Crippen LogP contribution in [0.3, 0.4) is 0 Å². The van der Waals surface area contributed by atoms with Crippen LogP contribution in [0.25, 0.3) is 0 Å². The molecule has 0 aromatic heterocycles. The van der Waals surface area contributed by atoms with Crippen molar-refractivity contribution < 1.29 is 0 Å². The van der Waals surface area contributed by atoms with Crippen molar-refractivity contribution in [2.24, 2.45) is 10.2 Å². The predicted octanol–water partition coefficient (Wildman–Crippen LogP) is 2.03. The first kappa shape index (κ1) is 8.08. The predicted molar refractivity (Wildman–Crippen MR) is 42.1 cm³/mol. The Bertz CT molecular complexity index is 134. The molecule has 0 fully saturated rings. The van der Waals surface area contributed by atoms with Gasteiger partial charge in [-0.2, -0.15) is 10.2 Å². The van der Waals surface area contributed by atoms with Gasteiger partial charge in [-0.25, -0.2) is 0 Å². The second-order valence-corrected chi connectivity index (χ2v) is 1.77. The zero-order valence-corrected chi connectivity index (χ0v) is 5.96. The Morgan fingerprint density at radius 1 is 1.67 bits per heavy atom. The van der Waals surface area contributed by atoms with Crippen molar-refractivity contribution in [2.45, 2.75) is 20.3 Å².